The van der Waals surface area contributed by atoms with E-state index in [0.29, 0.717) is 11.6 Å². The number of rotatable bonds is 3. The normalized spacial score (nSPS) is 12.8. The van der Waals surface area contributed by atoms with Crippen molar-refractivity contribution in [2.45, 2.75) is 26.3 Å². The highest BCUT2D eigenvalue weighted by Crippen LogP contribution is 2.24. The number of nitrogens with zero attached hydrogens (tertiary/aromatic N) is 3. The molecule has 4 N–H and O–H groups in total. The first-order valence-electron chi connectivity index (χ1n) is 5.38. The molecule has 0 aliphatic heterocycles. The van der Waals surface area contributed by atoms with Gasteiger partial charge in [-0.25, -0.2) is 9.97 Å². The second kappa shape index (κ2) is 4.04. The van der Waals surface area contributed by atoms with E-state index < -0.39 is 0 Å². The minimum Gasteiger partial charge on any atom is -0.370 e. The van der Waals surface area contributed by atoms with E-state index in [9.17, 15) is 4.79 Å². The molecule has 0 aromatic carbocycles. The Morgan fingerprint density at radius 3 is 2.94 bits per heavy atom. The number of fused-ring (bicyclic) bond motifs is 1. The van der Waals surface area contributed by atoms with Crippen molar-refractivity contribution in [3.8, 4) is 0 Å². The molecule has 0 fully saturated rings. The molecule has 2 heterocycles. The predicted molar refractivity (Wildman–Crippen MR) is 65.2 cm³/mol. The van der Waals surface area contributed by atoms with Gasteiger partial charge in [-0.2, -0.15) is 0 Å². The van der Waals surface area contributed by atoms with Crippen LogP contribution in [0.5, 0.6) is 0 Å². The van der Waals surface area contributed by atoms with Gasteiger partial charge in [0.15, 0.2) is 5.65 Å². The zero-order valence-electron chi connectivity index (χ0n) is 9.84. The Bertz CT molecular complexity index is 574. The van der Waals surface area contributed by atoms with Crippen molar-refractivity contribution in [1.82, 2.24) is 14.5 Å². The predicted octanol–water partition coefficient (Wildman–Crippen LogP) is 0.758. The molecule has 1 unspecified atom stereocenters. The third-order valence-electron chi connectivity index (χ3n) is 2.75. The minimum absolute atomic E-state index is 0.146. The molecular formula is C11H15N5O. The number of aromatic nitrogens is 3. The van der Waals surface area contributed by atoms with Crippen molar-refractivity contribution in [2.24, 2.45) is 5.73 Å². The maximum atomic E-state index is 10.9. The lowest BCUT2D eigenvalue weighted by atomic mass is 10.2. The molecule has 2 aromatic rings. The van der Waals surface area contributed by atoms with Gasteiger partial charge in [-0.15, -0.1) is 0 Å². The highest BCUT2D eigenvalue weighted by atomic mass is 16.1. The number of pyridine rings is 1. The summed E-state index contributed by atoms with van der Waals surface area (Å²) in [6, 6.07) is 1.73. The Kier molecular flexibility index (Phi) is 2.71. The van der Waals surface area contributed by atoms with Crippen molar-refractivity contribution >= 4 is 23.0 Å². The Balaban J connectivity index is 2.57. The van der Waals surface area contributed by atoms with Crippen LogP contribution in [-0.4, -0.2) is 20.4 Å². The average molecular weight is 233 g/mol. The molecule has 0 aliphatic carbocycles. The summed E-state index contributed by atoms with van der Waals surface area (Å²) in [6.07, 6.45) is 1.91. The van der Waals surface area contributed by atoms with E-state index in [2.05, 4.69) is 9.97 Å². The second-order valence-electron chi connectivity index (χ2n) is 4.16. The number of carbonyl (C=O) groups excluding carboxylic acids is 1. The number of imidazole rings is 1. The maximum Gasteiger partial charge on any atom is 0.219 e. The van der Waals surface area contributed by atoms with Crippen LogP contribution in [-0.2, 0) is 4.79 Å². The topological polar surface area (TPSA) is 99.8 Å². The maximum absolute atomic E-state index is 10.9. The van der Waals surface area contributed by atoms with Gasteiger partial charge in [-0.05, 0) is 25.5 Å². The Hall–Kier alpha value is -2.11. The largest absolute Gasteiger partial charge is 0.370 e. The van der Waals surface area contributed by atoms with Crippen molar-refractivity contribution < 1.29 is 4.79 Å². The Labute approximate surface area is 98.6 Å². The van der Waals surface area contributed by atoms with Gasteiger partial charge in [0.1, 0.15) is 5.52 Å². The number of anilines is 1. The molecule has 2 rings (SSSR count). The van der Waals surface area contributed by atoms with Crippen LogP contribution in [0.2, 0.25) is 0 Å². The second-order valence-corrected chi connectivity index (χ2v) is 4.16. The molecule has 2 aromatic heterocycles. The van der Waals surface area contributed by atoms with Gasteiger partial charge in [0.2, 0.25) is 11.9 Å². The van der Waals surface area contributed by atoms with Crippen LogP contribution in [0.4, 0.5) is 5.95 Å². The van der Waals surface area contributed by atoms with E-state index in [4.69, 9.17) is 11.5 Å². The van der Waals surface area contributed by atoms with E-state index in [1.54, 1.807) is 10.8 Å². The quantitative estimate of drug-likeness (QED) is 0.817. The molecule has 17 heavy (non-hydrogen) atoms. The van der Waals surface area contributed by atoms with E-state index in [0.717, 1.165) is 11.1 Å². The van der Waals surface area contributed by atoms with Crippen LogP contribution >= 0.6 is 0 Å². The lowest BCUT2D eigenvalue weighted by Gasteiger charge is -2.13. The van der Waals surface area contributed by atoms with Crippen LogP contribution in [0.25, 0.3) is 11.2 Å². The third-order valence-corrected chi connectivity index (χ3v) is 2.75. The Morgan fingerprint density at radius 2 is 2.29 bits per heavy atom. The zero-order chi connectivity index (χ0) is 12.6. The van der Waals surface area contributed by atoms with Gasteiger partial charge in [0, 0.05) is 18.7 Å². The summed E-state index contributed by atoms with van der Waals surface area (Å²) in [5.41, 5.74) is 13.5. The Morgan fingerprint density at radius 1 is 1.59 bits per heavy atom. The molecule has 0 aliphatic rings. The highest BCUT2D eigenvalue weighted by molar-refractivity contribution is 5.79. The van der Waals surface area contributed by atoms with Crippen LogP contribution in [0.15, 0.2) is 12.3 Å². The van der Waals surface area contributed by atoms with E-state index >= 15 is 0 Å². The number of nitrogen functional groups attached to an aromatic ring is 1. The minimum atomic E-state index is -0.369. The summed E-state index contributed by atoms with van der Waals surface area (Å²) in [5, 5.41) is 0. The van der Waals surface area contributed by atoms with Gasteiger partial charge in [-0.1, -0.05) is 0 Å². The lowest BCUT2D eigenvalue weighted by molar-refractivity contribution is -0.118. The fraction of sp³-hybridized carbons (Fsp3) is 0.364. The van der Waals surface area contributed by atoms with E-state index in [-0.39, 0.29) is 18.4 Å². The molecular weight excluding hydrogens is 218 g/mol. The van der Waals surface area contributed by atoms with Gasteiger partial charge in [0.05, 0.1) is 0 Å². The number of carbonyl (C=O) groups is 1. The molecule has 0 saturated carbocycles. The first-order valence-corrected chi connectivity index (χ1v) is 5.38. The van der Waals surface area contributed by atoms with Gasteiger partial charge >= 0.3 is 0 Å². The summed E-state index contributed by atoms with van der Waals surface area (Å²) in [5.74, 6) is -0.0121. The molecule has 90 valence electrons. The molecule has 0 bridgehead atoms. The summed E-state index contributed by atoms with van der Waals surface area (Å²) in [4.78, 5) is 19.5. The van der Waals surface area contributed by atoms with Crippen molar-refractivity contribution in [3.63, 3.8) is 0 Å². The molecule has 0 radical (unpaired) electrons. The standard InChI is InChI=1S/C11H15N5O/c1-6-3-4-14-10-9(6)15-11(13)16(10)7(2)5-8(12)17/h3-4,7H,5H2,1-2H3,(H2,12,17)(H2,13,15). The first kappa shape index (κ1) is 11.4. The fourth-order valence-corrected chi connectivity index (χ4v) is 1.94. The van der Waals surface area contributed by atoms with Crippen molar-refractivity contribution in [1.29, 1.82) is 0 Å². The van der Waals surface area contributed by atoms with E-state index in [1.807, 2.05) is 19.9 Å². The first-order chi connectivity index (χ1) is 8.00. The van der Waals surface area contributed by atoms with Crippen molar-refractivity contribution in [3.05, 3.63) is 17.8 Å². The molecule has 0 saturated heterocycles. The smallest absolute Gasteiger partial charge is 0.219 e. The molecule has 6 heteroatoms. The number of primary amides is 1. The van der Waals surface area contributed by atoms with Gasteiger partial charge < -0.3 is 11.5 Å². The fourth-order valence-electron chi connectivity index (χ4n) is 1.94. The molecule has 1 atom stereocenters. The number of nitrogens with two attached hydrogens (primary N) is 2. The van der Waals surface area contributed by atoms with Crippen molar-refractivity contribution in [2.75, 3.05) is 5.73 Å². The summed E-state index contributed by atoms with van der Waals surface area (Å²) < 4.78 is 1.74. The third kappa shape index (κ3) is 1.93. The summed E-state index contributed by atoms with van der Waals surface area (Å²) in [7, 11) is 0. The monoisotopic (exact) mass is 233 g/mol. The van der Waals surface area contributed by atoms with Crippen LogP contribution in [0.3, 0.4) is 0 Å². The zero-order valence-corrected chi connectivity index (χ0v) is 9.84. The lowest BCUT2D eigenvalue weighted by Crippen LogP contribution is -2.18. The summed E-state index contributed by atoms with van der Waals surface area (Å²) in [6.45, 7) is 3.81. The number of aryl methyl sites for hydroxylation is 1. The molecule has 6 nitrogen and oxygen atoms in total. The van der Waals surface area contributed by atoms with Gasteiger partial charge in [-0.3, -0.25) is 9.36 Å². The van der Waals surface area contributed by atoms with E-state index in [1.165, 1.54) is 0 Å². The molecule has 0 spiro atoms. The van der Waals surface area contributed by atoms with Crippen LogP contribution < -0.4 is 11.5 Å². The van der Waals surface area contributed by atoms with Gasteiger partial charge in [0.25, 0.3) is 0 Å². The molecule has 1 amide bonds. The summed E-state index contributed by atoms with van der Waals surface area (Å²) >= 11 is 0. The highest BCUT2D eigenvalue weighted by Gasteiger charge is 2.17. The van der Waals surface area contributed by atoms with Crippen LogP contribution in [0, 0.1) is 6.92 Å². The number of hydrogen-bond donors (Lipinski definition) is 2. The SMILES string of the molecule is Cc1ccnc2c1nc(N)n2C(C)CC(N)=O. The van der Waals surface area contributed by atoms with Crippen LogP contribution in [0.1, 0.15) is 24.9 Å². The average Bonchev–Trinajstić information content (AvgIpc) is 2.55. The number of hydrogen-bond acceptors (Lipinski definition) is 4. The number of amides is 1.